The van der Waals surface area contributed by atoms with Crippen LogP contribution in [-0.4, -0.2) is 16.1 Å². The van der Waals surface area contributed by atoms with Gasteiger partial charge in [-0.2, -0.15) is 5.10 Å². The van der Waals surface area contributed by atoms with Crippen molar-refractivity contribution in [3.05, 3.63) is 42.6 Å². The molecule has 112 valence electrons. The van der Waals surface area contributed by atoms with Crippen molar-refractivity contribution in [2.45, 2.75) is 18.6 Å². The van der Waals surface area contributed by atoms with Crippen molar-refractivity contribution in [3.8, 4) is 17.0 Å². The summed E-state index contributed by atoms with van der Waals surface area (Å²) < 4.78 is 41.8. The van der Waals surface area contributed by atoms with E-state index in [0.717, 1.165) is 11.4 Å². The first kappa shape index (κ1) is 15.6. The van der Waals surface area contributed by atoms with E-state index in [0.29, 0.717) is 16.6 Å². The van der Waals surface area contributed by atoms with Gasteiger partial charge in [0, 0.05) is 16.6 Å². The lowest BCUT2D eigenvalue weighted by atomic mass is 10.1. The molecular weight excluding hydrogens is 349 g/mol. The first-order chi connectivity index (χ1) is 9.80. The molecule has 0 saturated heterocycles. The molecule has 0 spiro atoms. The van der Waals surface area contributed by atoms with Crippen LogP contribution in [0, 0.1) is 0 Å². The predicted molar refractivity (Wildman–Crippen MR) is 78.0 cm³/mol. The van der Waals surface area contributed by atoms with Crippen LogP contribution in [0.25, 0.3) is 17.0 Å². The highest BCUT2D eigenvalue weighted by Crippen LogP contribution is 2.27. The number of nitrogens with zero attached hydrogens (tertiary/aromatic N) is 2. The maximum Gasteiger partial charge on any atom is 0.573 e. The molecule has 1 aromatic heterocycles. The fraction of sp³-hybridized carbons (Fsp3) is 0.214. The summed E-state index contributed by atoms with van der Waals surface area (Å²) in [7, 11) is 0. The van der Waals surface area contributed by atoms with Gasteiger partial charge in [0.1, 0.15) is 5.75 Å². The van der Waals surface area contributed by atoms with Gasteiger partial charge >= 0.3 is 6.36 Å². The van der Waals surface area contributed by atoms with Gasteiger partial charge < -0.3 is 4.74 Å². The SMILES string of the molecule is C=C(C)n1nc(-c2ccc(OC(F)(F)F)cc2)cc1CBr. The van der Waals surface area contributed by atoms with Gasteiger partial charge in [-0.1, -0.05) is 22.5 Å². The Labute approximate surface area is 128 Å². The van der Waals surface area contributed by atoms with E-state index < -0.39 is 6.36 Å². The van der Waals surface area contributed by atoms with E-state index in [2.05, 4.69) is 32.3 Å². The lowest BCUT2D eigenvalue weighted by Gasteiger charge is -2.08. The van der Waals surface area contributed by atoms with Crippen LogP contribution < -0.4 is 4.74 Å². The zero-order valence-corrected chi connectivity index (χ0v) is 12.7. The van der Waals surface area contributed by atoms with Crippen LogP contribution in [0.5, 0.6) is 5.75 Å². The molecule has 0 fully saturated rings. The number of halogens is 4. The Morgan fingerprint density at radius 3 is 2.38 bits per heavy atom. The van der Waals surface area contributed by atoms with E-state index >= 15 is 0 Å². The molecule has 2 aromatic rings. The highest BCUT2D eigenvalue weighted by atomic mass is 79.9. The molecule has 0 bridgehead atoms. The molecule has 0 amide bonds. The molecule has 21 heavy (non-hydrogen) atoms. The highest BCUT2D eigenvalue weighted by Gasteiger charge is 2.31. The van der Waals surface area contributed by atoms with Crippen LogP contribution in [-0.2, 0) is 5.33 Å². The average Bonchev–Trinajstić information content (AvgIpc) is 2.82. The summed E-state index contributed by atoms with van der Waals surface area (Å²) in [4.78, 5) is 0. The summed E-state index contributed by atoms with van der Waals surface area (Å²) in [5, 5.41) is 4.98. The number of allylic oxidation sites excluding steroid dienone is 1. The van der Waals surface area contributed by atoms with Gasteiger partial charge in [0.15, 0.2) is 0 Å². The van der Waals surface area contributed by atoms with Crippen molar-refractivity contribution in [2.24, 2.45) is 0 Å². The van der Waals surface area contributed by atoms with Gasteiger partial charge in [-0.3, -0.25) is 0 Å². The van der Waals surface area contributed by atoms with Crippen LogP contribution in [0.3, 0.4) is 0 Å². The Bertz CT molecular complexity index is 647. The van der Waals surface area contributed by atoms with Crippen molar-refractivity contribution >= 4 is 21.6 Å². The minimum Gasteiger partial charge on any atom is -0.406 e. The first-order valence-corrected chi connectivity index (χ1v) is 7.09. The standard InChI is InChI=1S/C14H12BrF3N2O/c1-9(2)20-11(8-15)7-13(19-20)10-3-5-12(6-4-10)21-14(16,17)18/h3-7H,1,8H2,2H3. The molecule has 1 heterocycles. The summed E-state index contributed by atoms with van der Waals surface area (Å²) in [5.74, 6) is -0.258. The van der Waals surface area contributed by atoms with Crippen LogP contribution in [0.1, 0.15) is 12.6 Å². The van der Waals surface area contributed by atoms with E-state index in [4.69, 9.17) is 0 Å². The lowest BCUT2D eigenvalue weighted by molar-refractivity contribution is -0.274. The Balaban J connectivity index is 2.29. The zero-order valence-electron chi connectivity index (χ0n) is 11.1. The molecule has 0 aliphatic rings. The number of benzene rings is 1. The van der Waals surface area contributed by atoms with Crippen LogP contribution in [0.4, 0.5) is 13.2 Å². The van der Waals surface area contributed by atoms with Crippen LogP contribution in [0.15, 0.2) is 36.9 Å². The summed E-state index contributed by atoms with van der Waals surface area (Å²) in [6, 6.07) is 7.43. The second kappa shape index (κ2) is 5.93. The number of hydrogen-bond donors (Lipinski definition) is 0. The quantitative estimate of drug-likeness (QED) is 0.729. The van der Waals surface area contributed by atoms with Gasteiger partial charge in [0.2, 0.25) is 0 Å². The average molecular weight is 361 g/mol. The summed E-state index contributed by atoms with van der Waals surface area (Å²) >= 11 is 3.36. The summed E-state index contributed by atoms with van der Waals surface area (Å²) in [5.41, 5.74) is 3.03. The maximum absolute atomic E-state index is 12.1. The van der Waals surface area contributed by atoms with Gasteiger partial charge in [-0.05, 0) is 37.3 Å². The molecular formula is C14H12BrF3N2O. The Morgan fingerprint density at radius 2 is 1.95 bits per heavy atom. The van der Waals surface area contributed by atoms with Crippen LogP contribution in [0.2, 0.25) is 0 Å². The third-order valence-corrected chi connectivity index (χ3v) is 3.24. The predicted octanol–water partition coefficient (Wildman–Crippen LogP) is 4.83. The minimum atomic E-state index is -4.69. The second-order valence-electron chi connectivity index (χ2n) is 4.37. The fourth-order valence-electron chi connectivity index (χ4n) is 1.81. The molecule has 0 atom stereocenters. The highest BCUT2D eigenvalue weighted by molar-refractivity contribution is 9.08. The monoisotopic (exact) mass is 360 g/mol. The molecule has 0 radical (unpaired) electrons. The van der Waals surface area contributed by atoms with Crippen molar-refractivity contribution in [1.82, 2.24) is 9.78 Å². The van der Waals surface area contributed by atoms with Crippen molar-refractivity contribution in [3.63, 3.8) is 0 Å². The number of rotatable bonds is 4. The maximum atomic E-state index is 12.1. The van der Waals surface area contributed by atoms with Crippen molar-refractivity contribution < 1.29 is 17.9 Å². The number of alkyl halides is 4. The Hall–Kier alpha value is -1.76. The van der Waals surface area contributed by atoms with Gasteiger partial charge in [0.25, 0.3) is 0 Å². The minimum absolute atomic E-state index is 0.258. The molecule has 0 unspecified atom stereocenters. The summed E-state index contributed by atoms with van der Waals surface area (Å²) in [6.45, 7) is 5.65. The smallest absolute Gasteiger partial charge is 0.406 e. The molecule has 3 nitrogen and oxygen atoms in total. The van der Waals surface area contributed by atoms with E-state index in [1.807, 2.05) is 13.0 Å². The third-order valence-electron chi connectivity index (χ3n) is 2.67. The number of hydrogen-bond acceptors (Lipinski definition) is 2. The zero-order chi connectivity index (χ0) is 15.6. The van der Waals surface area contributed by atoms with Gasteiger partial charge in [-0.25, -0.2) is 4.68 Å². The van der Waals surface area contributed by atoms with E-state index in [1.165, 1.54) is 24.3 Å². The van der Waals surface area contributed by atoms with Crippen molar-refractivity contribution in [1.29, 1.82) is 0 Å². The number of ether oxygens (including phenoxy) is 1. The Kier molecular flexibility index (Phi) is 4.41. The van der Waals surface area contributed by atoms with Crippen molar-refractivity contribution in [2.75, 3.05) is 0 Å². The molecule has 7 heteroatoms. The van der Waals surface area contributed by atoms with Gasteiger partial charge in [-0.15, -0.1) is 13.2 Å². The molecule has 2 rings (SSSR count). The van der Waals surface area contributed by atoms with Gasteiger partial charge in [0.05, 0.1) is 11.4 Å². The normalized spacial score (nSPS) is 11.5. The summed E-state index contributed by atoms with van der Waals surface area (Å²) in [6.07, 6.45) is -4.69. The van der Waals surface area contributed by atoms with E-state index in [-0.39, 0.29) is 5.75 Å². The molecule has 0 aliphatic heterocycles. The Morgan fingerprint density at radius 1 is 1.33 bits per heavy atom. The third kappa shape index (κ3) is 3.87. The van der Waals surface area contributed by atoms with Crippen LogP contribution >= 0.6 is 15.9 Å². The topological polar surface area (TPSA) is 27.1 Å². The number of aromatic nitrogens is 2. The van der Waals surface area contributed by atoms with E-state index in [1.54, 1.807) is 4.68 Å². The largest absolute Gasteiger partial charge is 0.573 e. The first-order valence-electron chi connectivity index (χ1n) is 5.97. The molecule has 0 saturated carbocycles. The fourth-order valence-corrected chi connectivity index (χ4v) is 2.21. The molecule has 1 aromatic carbocycles. The molecule has 0 N–H and O–H groups in total. The van der Waals surface area contributed by atoms with E-state index in [9.17, 15) is 13.2 Å². The molecule has 0 aliphatic carbocycles. The second-order valence-corrected chi connectivity index (χ2v) is 4.93. The lowest BCUT2D eigenvalue weighted by Crippen LogP contribution is -2.16.